The Morgan fingerprint density at radius 2 is 2.27 bits per heavy atom. The van der Waals surface area contributed by atoms with E-state index in [2.05, 4.69) is 15.7 Å². The van der Waals surface area contributed by atoms with E-state index in [1.54, 1.807) is 23.0 Å². The van der Waals surface area contributed by atoms with Crippen LogP contribution in [0.3, 0.4) is 0 Å². The van der Waals surface area contributed by atoms with Crippen LogP contribution in [-0.2, 0) is 16.6 Å². The lowest BCUT2D eigenvalue weighted by atomic mass is 10.1. The Kier molecular flexibility index (Phi) is 4.46. The van der Waals surface area contributed by atoms with Crippen LogP contribution >= 0.6 is 11.8 Å². The molecular formula is C18H20N4O3S. The van der Waals surface area contributed by atoms with E-state index in [4.69, 9.17) is 4.74 Å². The second-order valence-corrected chi connectivity index (χ2v) is 7.88. The zero-order valence-corrected chi connectivity index (χ0v) is 15.4. The van der Waals surface area contributed by atoms with Crippen molar-refractivity contribution < 1.29 is 14.3 Å². The molecule has 26 heavy (non-hydrogen) atoms. The SMILES string of the molecule is CC1Sc2ccc(C(=O)N[C@H]3CCO[C@@H]3c3ccnn3C)cc2NC1=O. The van der Waals surface area contributed by atoms with Gasteiger partial charge in [0.2, 0.25) is 5.91 Å². The van der Waals surface area contributed by atoms with Gasteiger partial charge in [0, 0.05) is 30.3 Å². The largest absolute Gasteiger partial charge is 0.370 e. The van der Waals surface area contributed by atoms with Crippen LogP contribution in [0.1, 0.15) is 35.5 Å². The number of benzene rings is 1. The lowest BCUT2D eigenvalue weighted by Crippen LogP contribution is -2.37. The van der Waals surface area contributed by atoms with Crippen molar-refractivity contribution in [2.75, 3.05) is 11.9 Å². The summed E-state index contributed by atoms with van der Waals surface area (Å²) >= 11 is 1.50. The molecule has 2 aliphatic heterocycles. The van der Waals surface area contributed by atoms with Crippen LogP contribution in [0.5, 0.6) is 0 Å². The van der Waals surface area contributed by atoms with Gasteiger partial charge in [0.25, 0.3) is 5.91 Å². The Balaban J connectivity index is 1.51. The predicted molar refractivity (Wildman–Crippen MR) is 98.2 cm³/mol. The third-order valence-corrected chi connectivity index (χ3v) is 5.91. The van der Waals surface area contributed by atoms with Crippen molar-refractivity contribution in [1.29, 1.82) is 0 Å². The van der Waals surface area contributed by atoms with Gasteiger partial charge in [-0.3, -0.25) is 14.3 Å². The van der Waals surface area contributed by atoms with E-state index in [1.807, 2.05) is 26.1 Å². The Labute approximate surface area is 155 Å². The molecule has 7 nitrogen and oxygen atoms in total. The monoisotopic (exact) mass is 372 g/mol. The first kappa shape index (κ1) is 17.1. The minimum absolute atomic E-state index is 0.0412. The molecule has 1 aromatic heterocycles. The first-order valence-corrected chi connectivity index (χ1v) is 9.43. The molecule has 1 saturated heterocycles. The van der Waals surface area contributed by atoms with E-state index < -0.39 is 0 Å². The molecule has 0 saturated carbocycles. The van der Waals surface area contributed by atoms with Gasteiger partial charge in [0.05, 0.1) is 22.7 Å². The maximum atomic E-state index is 12.7. The molecule has 2 aromatic rings. The zero-order valence-electron chi connectivity index (χ0n) is 14.6. The van der Waals surface area contributed by atoms with Crippen molar-refractivity contribution in [3.8, 4) is 0 Å². The number of nitrogens with zero attached hydrogens (tertiary/aromatic N) is 2. The second kappa shape index (κ2) is 6.77. The molecule has 3 atom stereocenters. The number of carbonyl (C=O) groups excluding carboxylic acids is 2. The van der Waals surface area contributed by atoms with Crippen molar-refractivity contribution in [1.82, 2.24) is 15.1 Å². The summed E-state index contributed by atoms with van der Waals surface area (Å²) in [6.07, 6.45) is 2.26. The van der Waals surface area contributed by atoms with Crippen molar-refractivity contribution in [3.05, 3.63) is 41.7 Å². The number of rotatable bonds is 3. The topological polar surface area (TPSA) is 85.2 Å². The highest BCUT2D eigenvalue weighted by atomic mass is 32.2. The van der Waals surface area contributed by atoms with E-state index >= 15 is 0 Å². The van der Waals surface area contributed by atoms with Crippen LogP contribution in [0.2, 0.25) is 0 Å². The van der Waals surface area contributed by atoms with Crippen molar-refractivity contribution in [3.63, 3.8) is 0 Å². The summed E-state index contributed by atoms with van der Waals surface area (Å²) in [4.78, 5) is 25.6. The van der Waals surface area contributed by atoms with Crippen LogP contribution in [-0.4, -0.2) is 39.5 Å². The van der Waals surface area contributed by atoms with Gasteiger partial charge in [-0.2, -0.15) is 5.10 Å². The molecule has 136 valence electrons. The summed E-state index contributed by atoms with van der Waals surface area (Å²) in [5.41, 5.74) is 2.15. The second-order valence-electron chi connectivity index (χ2n) is 6.50. The number of amides is 2. The fourth-order valence-electron chi connectivity index (χ4n) is 3.29. The van der Waals surface area contributed by atoms with Crippen LogP contribution < -0.4 is 10.6 Å². The lowest BCUT2D eigenvalue weighted by Gasteiger charge is -2.23. The van der Waals surface area contributed by atoms with Gasteiger partial charge in [0.15, 0.2) is 0 Å². The average Bonchev–Trinajstić information content (AvgIpc) is 3.23. The van der Waals surface area contributed by atoms with Gasteiger partial charge in [-0.05, 0) is 37.6 Å². The first-order valence-electron chi connectivity index (χ1n) is 8.55. The van der Waals surface area contributed by atoms with E-state index in [1.165, 1.54) is 11.8 Å². The van der Waals surface area contributed by atoms with E-state index in [0.29, 0.717) is 17.9 Å². The molecule has 2 N–H and O–H groups in total. The number of hydrogen-bond donors (Lipinski definition) is 2. The number of aromatic nitrogens is 2. The van der Waals surface area contributed by atoms with E-state index in [9.17, 15) is 9.59 Å². The van der Waals surface area contributed by atoms with Crippen molar-refractivity contribution in [2.24, 2.45) is 7.05 Å². The fourth-order valence-corrected chi connectivity index (χ4v) is 4.22. The third kappa shape index (κ3) is 3.10. The number of hydrogen-bond acceptors (Lipinski definition) is 5. The maximum Gasteiger partial charge on any atom is 0.251 e. The van der Waals surface area contributed by atoms with Gasteiger partial charge in [0.1, 0.15) is 6.10 Å². The number of fused-ring (bicyclic) bond motifs is 1. The molecule has 1 fully saturated rings. The molecule has 2 aliphatic rings. The lowest BCUT2D eigenvalue weighted by molar-refractivity contribution is -0.115. The summed E-state index contributed by atoms with van der Waals surface area (Å²) < 4.78 is 7.57. The first-order chi connectivity index (χ1) is 12.5. The molecule has 0 bridgehead atoms. The Morgan fingerprint density at radius 1 is 1.42 bits per heavy atom. The minimum Gasteiger partial charge on any atom is -0.370 e. The number of aryl methyl sites for hydroxylation is 1. The van der Waals surface area contributed by atoms with Gasteiger partial charge < -0.3 is 15.4 Å². The Bertz CT molecular complexity index is 866. The van der Waals surface area contributed by atoms with Crippen molar-refractivity contribution in [2.45, 2.75) is 35.6 Å². The van der Waals surface area contributed by atoms with Gasteiger partial charge >= 0.3 is 0 Å². The molecule has 0 aliphatic carbocycles. The summed E-state index contributed by atoms with van der Waals surface area (Å²) in [6, 6.07) is 7.20. The predicted octanol–water partition coefficient (Wildman–Crippen LogP) is 2.11. The highest BCUT2D eigenvalue weighted by molar-refractivity contribution is 8.00. The van der Waals surface area contributed by atoms with E-state index in [-0.39, 0.29) is 29.2 Å². The summed E-state index contributed by atoms with van der Waals surface area (Å²) in [5, 5.41) is 9.97. The molecule has 0 spiro atoms. The van der Waals surface area contributed by atoms with Crippen molar-refractivity contribution >= 4 is 29.3 Å². The standard InChI is InChI=1S/C18H20N4O3S/c1-10-17(23)21-13-9-11(3-4-15(13)26-10)18(24)20-12-6-8-25-16(12)14-5-7-19-22(14)2/h3-5,7,9-10,12,16H,6,8H2,1-2H3,(H,20,24)(H,21,23)/t10?,12-,16-/m0/s1. The molecule has 2 amide bonds. The molecule has 1 unspecified atom stereocenters. The highest BCUT2D eigenvalue weighted by Crippen LogP contribution is 2.36. The smallest absolute Gasteiger partial charge is 0.251 e. The summed E-state index contributed by atoms with van der Waals surface area (Å²) in [5.74, 6) is -0.214. The molecule has 1 aromatic carbocycles. The number of ether oxygens (including phenoxy) is 1. The third-order valence-electron chi connectivity index (χ3n) is 4.73. The average molecular weight is 372 g/mol. The van der Waals surface area contributed by atoms with E-state index in [0.717, 1.165) is 17.0 Å². The summed E-state index contributed by atoms with van der Waals surface area (Å²) in [6.45, 7) is 2.46. The fraction of sp³-hybridized carbons (Fsp3) is 0.389. The van der Waals surface area contributed by atoms with Gasteiger partial charge in [-0.1, -0.05) is 0 Å². The quantitative estimate of drug-likeness (QED) is 0.862. The van der Waals surface area contributed by atoms with Crippen LogP contribution in [0, 0.1) is 0 Å². The Hall–Kier alpha value is -2.32. The molecule has 0 radical (unpaired) electrons. The normalized spacial score (nSPS) is 24.8. The molecule has 4 rings (SSSR count). The van der Waals surface area contributed by atoms with Crippen LogP contribution in [0.25, 0.3) is 0 Å². The number of nitrogens with one attached hydrogen (secondary N) is 2. The minimum atomic E-state index is -0.208. The molecular weight excluding hydrogens is 352 g/mol. The molecule has 8 heteroatoms. The Morgan fingerprint density at radius 3 is 3.04 bits per heavy atom. The molecule has 3 heterocycles. The number of thioether (sulfide) groups is 1. The van der Waals surface area contributed by atoms with Crippen LogP contribution in [0.15, 0.2) is 35.4 Å². The van der Waals surface area contributed by atoms with Gasteiger partial charge in [-0.25, -0.2) is 0 Å². The maximum absolute atomic E-state index is 12.7. The van der Waals surface area contributed by atoms with Gasteiger partial charge in [-0.15, -0.1) is 11.8 Å². The zero-order chi connectivity index (χ0) is 18.3. The highest BCUT2D eigenvalue weighted by Gasteiger charge is 2.33. The number of anilines is 1. The number of carbonyl (C=O) groups is 2. The van der Waals surface area contributed by atoms with Crippen LogP contribution in [0.4, 0.5) is 5.69 Å². The summed E-state index contributed by atoms with van der Waals surface area (Å²) in [7, 11) is 1.86.